The Balaban J connectivity index is 1.38. The number of ether oxygens (including phenoxy) is 1. The third kappa shape index (κ3) is 3.57. The van der Waals surface area contributed by atoms with Crippen molar-refractivity contribution in [2.45, 2.75) is 13.0 Å². The summed E-state index contributed by atoms with van der Waals surface area (Å²) in [4.78, 5) is 27.8. The minimum Gasteiger partial charge on any atom is -0.410 e. The van der Waals surface area contributed by atoms with Crippen LogP contribution in [0.15, 0.2) is 53.9 Å². The molecule has 3 aromatic rings. The number of hydrogen-bond donors (Lipinski definition) is 2. The zero-order valence-electron chi connectivity index (χ0n) is 13.7. The van der Waals surface area contributed by atoms with Crippen LogP contribution in [0.4, 0.5) is 10.5 Å². The van der Waals surface area contributed by atoms with Gasteiger partial charge in [-0.1, -0.05) is 24.3 Å². The minimum atomic E-state index is -0.518. The molecule has 4 rings (SSSR count). The van der Waals surface area contributed by atoms with Gasteiger partial charge in [-0.25, -0.2) is 9.78 Å². The van der Waals surface area contributed by atoms with Crippen LogP contribution in [0.25, 0.3) is 11.3 Å². The van der Waals surface area contributed by atoms with Gasteiger partial charge in [-0.15, -0.1) is 11.3 Å². The first kappa shape index (κ1) is 16.3. The first-order valence-corrected chi connectivity index (χ1v) is 8.93. The second-order valence-corrected chi connectivity index (χ2v) is 6.72. The van der Waals surface area contributed by atoms with E-state index >= 15 is 0 Å². The number of fused-ring (bicyclic) bond motifs is 1. The van der Waals surface area contributed by atoms with Crippen LogP contribution in [0, 0.1) is 0 Å². The highest BCUT2D eigenvalue weighted by Crippen LogP contribution is 2.29. The lowest BCUT2D eigenvalue weighted by Gasteiger charge is -2.04. The normalized spacial score (nSPS) is 12.4. The molecular weight excluding hydrogens is 350 g/mol. The average Bonchev–Trinajstić information content (AvgIpc) is 3.25. The summed E-state index contributed by atoms with van der Waals surface area (Å²) in [5, 5.41) is 8.22. The number of para-hydroxylation sites is 1. The molecule has 0 atom stereocenters. The highest BCUT2D eigenvalue weighted by molar-refractivity contribution is 7.09. The third-order valence-corrected chi connectivity index (χ3v) is 4.76. The first-order valence-electron chi connectivity index (χ1n) is 8.06. The number of aromatic nitrogens is 1. The van der Waals surface area contributed by atoms with Crippen LogP contribution >= 0.6 is 11.3 Å². The van der Waals surface area contributed by atoms with Crippen LogP contribution in [0.2, 0.25) is 0 Å². The number of hydrogen-bond acceptors (Lipinski definition) is 5. The van der Waals surface area contributed by atoms with E-state index in [-0.39, 0.29) is 5.91 Å². The van der Waals surface area contributed by atoms with Gasteiger partial charge >= 0.3 is 6.09 Å². The fraction of sp³-hybridized carbons (Fsp3) is 0.105. The van der Waals surface area contributed by atoms with Gasteiger partial charge in [-0.05, 0) is 29.8 Å². The molecule has 26 heavy (non-hydrogen) atoms. The molecule has 0 bridgehead atoms. The summed E-state index contributed by atoms with van der Waals surface area (Å²) in [7, 11) is 0. The molecule has 6 nitrogen and oxygen atoms in total. The van der Waals surface area contributed by atoms with Crippen molar-refractivity contribution >= 4 is 29.0 Å². The van der Waals surface area contributed by atoms with Gasteiger partial charge in [0.05, 0.1) is 18.7 Å². The number of amides is 2. The van der Waals surface area contributed by atoms with Gasteiger partial charge in [0.1, 0.15) is 10.8 Å². The Morgan fingerprint density at radius 2 is 2.08 bits per heavy atom. The van der Waals surface area contributed by atoms with Crippen LogP contribution in [-0.2, 0) is 17.8 Å². The van der Waals surface area contributed by atoms with Gasteiger partial charge in [-0.3, -0.25) is 4.79 Å². The van der Waals surface area contributed by atoms with Gasteiger partial charge in [0.2, 0.25) is 5.91 Å². The zero-order valence-corrected chi connectivity index (χ0v) is 14.5. The van der Waals surface area contributed by atoms with E-state index in [4.69, 9.17) is 4.74 Å². The molecule has 7 heteroatoms. The highest BCUT2D eigenvalue weighted by Gasteiger charge is 2.18. The Kier molecular flexibility index (Phi) is 4.37. The fourth-order valence-corrected chi connectivity index (χ4v) is 3.44. The summed E-state index contributed by atoms with van der Waals surface area (Å²) in [5.41, 5.74) is 3.62. The molecule has 0 radical (unpaired) electrons. The lowest BCUT2D eigenvalue weighted by Crippen LogP contribution is -2.26. The van der Waals surface area contributed by atoms with Crippen LogP contribution in [-0.4, -0.2) is 17.0 Å². The third-order valence-electron chi connectivity index (χ3n) is 3.92. The summed E-state index contributed by atoms with van der Waals surface area (Å²) in [6.45, 7) is 0.293. The molecule has 2 aromatic carbocycles. The van der Waals surface area contributed by atoms with E-state index < -0.39 is 6.09 Å². The molecule has 0 spiro atoms. The summed E-state index contributed by atoms with van der Waals surface area (Å²) in [6, 6.07) is 14.7. The van der Waals surface area contributed by atoms with Crippen molar-refractivity contribution in [1.29, 1.82) is 0 Å². The van der Waals surface area contributed by atoms with Gasteiger partial charge in [0.15, 0.2) is 0 Å². The maximum atomic E-state index is 11.8. The van der Waals surface area contributed by atoms with Crippen molar-refractivity contribution in [1.82, 2.24) is 10.3 Å². The molecule has 0 saturated carbocycles. The molecule has 1 aliphatic rings. The van der Waals surface area contributed by atoms with E-state index in [0.29, 0.717) is 18.7 Å². The van der Waals surface area contributed by atoms with Crippen LogP contribution in [0.5, 0.6) is 5.75 Å². The molecule has 130 valence electrons. The van der Waals surface area contributed by atoms with Crippen molar-refractivity contribution in [3.8, 4) is 17.0 Å². The molecule has 1 aliphatic heterocycles. The van der Waals surface area contributed by atoms with Crippen LogP contribution in [0.1, 0.15) is 10.6 Å². The molecule has 2 N–H and O–H groups in total. The smallest absolute Gasteiger partial charge is 0.410 e. The lowest BCUT2D eigenvalue weighted by molar-refractivity contribution is -0.115. The average molecular weight is 365 g/mol. The van der Waals surface area contributed by atoms with Crippen molar-refractivity contribution in [3.05, 3.63) is 64.5 Å². The fourth-order valence-electron chi connectivity index (χ4n) is 2.69. The number of carbonyl (C=O) groups is 2. The number of anilines is 1. The summed E-state index contributed by atoms with van der Waals surface area (Å²) < 4.78 is 5.18. The Labute approximate surface area is 153 Å². The number of carbonyl (C=O) groups excluding carboxylic acids is 2. The van der Waals surface area contributed by atoms with Crippen LogP contribution in [0.3, 0.4) is 0 Å². The summed E-state index contributed by atoms with van der Waals surface area (Å²) >= 11 is 1.46. The standard InChI is InChI=1S/C19H15N3O3S/c23-17-9-13-8-12(6-7-15(13)21-17)16-11-26-18(22-16)10-20-19(24)25-14-4-2-1-3-5-14/h1-8,11H,9-10H2,(H,20,24)(H,21,23). The molecule has 2 heterocycles. The van der Waals surface area contributed by atoms with Crippen molar-refractivity contribution < 1.29 is 14.3 Å². The van der Waals surface area contributed by atoms with Crippen molar-refractivity contribution in [3.63, 3.8) is 0 Å². The molecule has 0 saturated heterocycles. The Morgan fingerprint density at radius 3 is 2.92 bits per heavy atom. The van der Waals surface area contributed by atoms with E-state index in [9.17, 15) is 9.59 Å². The molecule has 0 unspecified atom stereocenters. The molecule has 1 aromatic heterocycles. The topological polar surface area (TPSA) is 80.3 Å². The SMILES string of the molecule is O=C1Cc2cc(-c3csc(CNC(=O)Oc4ccccc4)n3)ccc2N1. The monoisotopic (exact) mass is 365 g/mol. The maximum absolute atomic E-state index is 11.8. The van der Waals surface area contributed by atoms with Gasteiger partial charge in [-0.2, -0.15) is 0 Å². The van der Waals surface area contributed by atoms with E-state index in [2.05, 4.69) is 15.6 Å². The van der Waals surface area contributed by atoms with E-state index in [1.54, 1.807) is 24.3 Å². The molecule has 0 fully saturated rings. The van der Waals surface area contributed by atoms with E-state index in [1.807, 2.05) is 29.6 Å². The highest BCUT2D eigenvalue weighted by atomic mass is 32.1. The number of thiazole rings is 1. The van der Waals surface area contributed by atoms with Crippen molar-refractivity contribution in [2.24, 2.45) is 0 Å². The van der Waals surface area contributed by atoms with Crippen LogP contribution < -0.4 is 15.4 Å². The molecular formula is C19H15N3O3S. The molecule has 0 aliphatic carbocycles. The number of nitrogens with zero attached hydrogens (tertiary/aromatic N) is 1. The second-order valence-electron chi connectivity index (χ2n) is 5.78. The lowest BCUT2D eigenvalue weighted by atomic mass is 10.1. The molecule has 2 amide bonds. The predicted octanol–water partition coefficient (Wildman–Crippen LogP) is 3.59. The number of benzene rings is 2. The number of rotatable bonds is 4. The van der Waals surface area contributed by atoms with E-state index in [1.165, 1.54) is 11.3 Å². The quantitative estimate of drug-likeness (QED) is 0.740. The van der Waals surface area contributed by atoms with E-state index in [0.717, 1.165) is 27.5 Å². The largest absolute Gasteiger partial charge is 0.412 e. The summed E-state index contributed by atoms with van der Waals surface area (Å²) in [5.74, 6) is 0.503. The van der Waals surface area contributed by atoms with Gasteiger partial charge < -0.3 is 15.4 Å². The van der Waals surface area contributed by atoms with Gasteiger partial charge in [0, 0.05) is 16.6 Å². The Bertz CT molecular complexity index is 969. The first-order chi connectivity index (χ1) is 12.7. The summed E-state index contributed by atoms with van der Waals surface area (Å²) in [6.07, 6.45) is -0.123. The maximum Gasteiger partial charge on any atom is 0.412 e. The zero-order chi connectivity index (χ0) is 17.9. The number of nitrogens with one attached hydrogen (secondary N) is 2. The second kappa shape index (κ2) is 6.97. The Hall–Kier alpha value is -3.19. The van der Waals surface area contributed by atoms with Crippen molar-refractivity contribution in [2.75, 3.05) is 5.32 Å². The van der Waals surface area contributed by atoms with Gasteiger partial charge in [0.25, 0.3) is 0 Å². The predicted molar refractivity (Wildman–Crippen MR) is 99.2 cm³/mol. The Morgan fingerprint density at radius 1 is 1.23 bits per heavy atom. The minimum absolute atomic E-state index is 0.0113.